The molecule has 0 saturated heterocycles. The first-order chi connectivity index (χ1) is 31.2. The first-order valence-electron chi connectivity index (χ1n) is 21.4. The van der Waals surface area contributed by atoms with Crippen molar-refractivity contribution in [1.82, 2.24) is 14.5 Å². The van der Waals surface area contributed by atoms with Crippen molar-refractivity contribution in [3.8, 4) is 22.5 Å². The molecule has 0 aliphatic carbocycles. The van der Waals surface area contributed by atoms with Gasteiger partial charge in [-0.15, -0.1) is 0 Å². The van der Waals surface area contributed by atoms with Crippen molar-refractivity contribution in [3.05, 3.63) is 229 Å². The Labute approximate surface area is 362 Å². The number of para-hydroxylation sites is 3. The van der Waals surface area contributed by atoms with Gasteiger partial charge >= 0.3 is 0 Å². The summed E-state index contributed by atoms with van der Waals surface area (Å²) in [7, 11) is 0. The van der Waals surface area contributed by atoms with Crippen molar-refractivity contribution < 1.29 is 4.42 Å². The molecule has 0 saturated carbocycles. The summed E-state index contributed by atoms with van der Waals surface area (Å²) in [6.07, 6.45) is -0.297. The maximum absolute atomic E-state index is 6.71. The van der Waals surface area contributed by atoms with E-state index < -0.39 is 0 Å². The molecule has 13 rings (SSSR count). The summed E-state index contributed by atoms with van der Waals surface area (Å²) in [6.45, 7) is 0. The van der Waals surface area contributed by atoms with Crippen molar-refractivity contribution in [2.75, 3.05) is 0 Å². The fourth-order valence-electron chi connectivity index (χ4n) is 9.70. The van der Waals surface area contributed by atoms with E-state index in [1.807, 2.05) is 48.5 Å². The molecular weight excluding hydrogens is 771 g/mol. The number of benzene rings is 9. The summed E-state index contributed by atoms with van der Waals surface area (Å²) >= 11 is 0. The van der Waals surface area contributed by atoms with Gasteiger partial charge in [0.15, 0.2) is 5.84 Å². The van der Waals surface area contributed by atoms with E-state index in [-0.39, 0.29) is 6.17 Å². The van der Waals surface area contributed by atoms with Crippen LogP contribution >= 0.6 is 0 Å². The summed E-state index contributed by atoms with van der Waals surface area (Å²) in [4.78, 5) is 10.3. The summed E-state index contributed by atoms with van der Waals surface area (Å²) in [5, 5.41) is 10.5. The lowest BCUT2D eigenvalue weighted by molar-refractivity contribution is 0.668. The van der Waals surface area contributed by atoms with Gasteiger partial charge < -0.3 is 18.9 Å². The van der Waals surface area contributed by atoms with E-state index in [2.05, 4.69) is 178 Å². The standard InChI is InChI=1S/C57H37N5O/c1-4-15-36(16-5-1)55-58-56(37-17-6-2-7-18-37)60-57(59-55)45-23-14-26-52-54(45)44-30-29-41(35-53(44)63-52)62-49-25-13-11-22-43(49)47-34-39(28-32-51(47)62)38-27-31-50-46(33-38)42-21-10-12-24-48(42)61(50)40-19-8-3-9-20-40/h1-35,55H,(H,58,59,60). The second-order valence-corrected chi connectivity index (χ2v) is 16.2. The Hall–Kier alpha value is -8.48. The first kappa shape index (κ1) is 35.3. The Bertz CT molecular complexity index is 3820. The minimum Gasteiger partial charge on any atom is -0.456 e. The molecule has 63 heavy (non-hydrogen) atoms. The third kappa shape index (κ3) is 5.65. The van der Waals surface area contributed by atoms with Gasteiger partial charge in [0.1, 0.15) is 23.2 Å². The van der Waals surface area contributed by atoms with Crippen LogP contribution in [0.3, 0.4) is 0 Å². The molecule has 4 heterocycles. The summed E-state index contributed by atoms with van der Waals surface area (Å²) in [5.41, 5.74) is 13.8. The van der Waals surface area contributed by atoms with Crippen molar-refractivity contribution in [2.45, 2.75) is 6.17 Å². The number of fused-ring (bicyclic) bond motifs is 9. The van der Waals surface area contributed by atoms with Crippen molar-refractivity contribution >= 4 is 77.2 Å². The monoisotopic (exact) mass is 807 g/mol. The van der Waals surface area contributed by atoms with E-state index in [1.165, 1.54) is 43.7 Å². The van der Waals surface area contributed by atoms with Gasteiger partial charge in [0, 0.05) is 60.9 Å². The highest BCUT2D eigenvalue weighted by Gasteiger charge is 2.24. The number of nitrogens with one attached hydrogen (secondary N) is 1. The van der Waals surface area contributed by atoms with Crippen LogP contribution in [0.1, 0.15) is 22.9 Å². The van der Waals surface area contributed by atoms with Crippen LogP contribution < -0.4 is 5.32 Å². The molecule has 1 aliphatic heterocycles. The van der Waals surface area contributed by atoms with Gasteiger partial charge in [0.05, 0.1) is 22.1 Å². The molecule has 1 unspecified atom stereocenters. The highest BCUT2D eigenvalue weighted by atomic mass is 16.3. The van der Waals surface area contributed by atoms with E-state index in [9.17, 15) is 0 Å². The van der Waals surface area contributed by atoms with Crippen molar-refractivity contribution in [1.29, 1.82) is 0 Å². The first-order valence-corrected chi connectivity index (χ1v) is 21.4. The second kappa shape index (κ2) is 14.0. The van der Waals surface area contributed by atoms with E-state index in [1.54, 1.807) is 0 Å². The number of nitrogens with zero attached hydrogens (tertiary/aromatic N) is 4. The third-order valence-electron chi connectivity index (χ3n) is 12.6. The fraction of sp³-hybridized carbons (Fsp3) is 0.0175. The van der Waals surface area contributed by atoms with Gasteiger partial charge in [-0.1, -0.05) is 140 Å². The third-order valence-corrected chi connectivity index (χ3v) is 12.6. The lowest BCUT2D eigenvalue weighted by atomic mass is 10.0. The highest BCUT2D eigenvalue weighted by molar-refractivity contribution is 6.22. The number of aromatic nitrogens is 2. The van der Waals surface area contributed by atoms with Gasteiger partial charge in [0.2, 0.25) is 0 Å². The SMILES string of the molecule is c1ccc(C2=NC(c3cccc4oc5cc(-n6c7ccccc7c7cc(-c8ccc9c(c8)c8ccccc8n9-c8ccccc8)ccc76)ccc5c34)=NC(c3ccccc3)N2)cc1. The van der Waals surface area contributed by atoms with Crippen molar-refractivity contribution in [2.24, 2.45) is 9.98 Å². The Morgan fingerprint density at radius 2 is 1.00 bits per heavy atom. The highest BCUT2D eigenvalue weighted by Crippen LogP contribution is 2.40. The lowest BCUT2D eigenvalue weighted by Gasteiger charge is -2.23. The molecule has 0 amide bonds. The maximum atomic E-state index is 6.71. The molecular formula is C57H37N5O. The smallest absolute Gasteiger partial charge is 0.160 e. The number of rotatable bonds is 6. The van der Waals surface area contributed by atoms with E-state index in [0.29, 0.717) is 5.84 Å². The molecule has 1 aliphatic rings. The van der Waals surface area contributed by atoms with Gasteiger partial charge in [-0.25, -0.2) is 9.98 Å². The largest absolute Gasteiger partial charge is 0.456 e. The molecule has 6 heteroatoms. The minimum atomic E-state index is -0.297. The van der Waals surface area contributed by atoms with Gasteiger partial charge in [0.25, 0.3) is 0 Å². The Balaban J connectivity index is 0.931. The topological polar surface area (TPSA) is 59.8 Å². The van der Waals surface area contributed by atoms with Crippen LogP contribution in [0.15, 0.2) is 227 Å². The molecule has 0 spiro atoms. The average molecular weight is 808 g/mol. The fourth-order valence-corrected chi connectivity index (χ4v) is 9.70. The molecule has 1 atom stereocenters. The number of hydrogen-bond acceptors (Lipinski definition) is 4. The number of furan rings is 1. The zero-order valence-electron chi connectivity index (χ0n) is 34.0. The van der Waals surface area contributed by atoms with Crippen LogP contribution in [0.25, 0.3) is 88.1 Å². The quantitative estimate of drug-likeness (QED) is 0.182. The normalized spacial score (nSPS) is 14.2. The van der Waals surface area contributed by atoms with Crippen LogP contribution in [0.5, 0.6) is 0 Å². The van der Waals surface area contributed by atoms with Crippen LogP contribution in [0.4, 0.5) is 0 Å². The second-order valence-electron chi connectivity index (χ2n) is 16.2. The number of hydrogen-bond donors (Lipinski definition) is 1. The predicted octanol–water partition coefficient (Wildman–Crippen LogP) is 13.9. The van der Waals surface area contributed by atoms with Gasteiger partial charge in [-0.05, 0) is 83.4 Å². The molecule has 0 radical (unpaired) electrons. The number of amidine groups is 2. The summed E-state index contributed by atoms with van der Waals surface area (Å²) < 4.78 is 11.4. The lowest BCUT2D eigenvalue weighted by Crippen LogP contribution is -2.33. The molecule has 9 aromatic carbocycles. The van der Waals surface area contributed by atoms with E-state index in [4.69, 9.17) is 14.4 Å². The average Bonchev–Trinajstić information content (AvgIpc) is 4.01. The Morgan fingerprint density at radius 1 is 0.413 bits per heavy atom. The van der Waals surface area contributed by atoms with Crippen LogP contribution in [0, 0.1) is 0 Å². The zero-order chi connectivity index (χ0) is 41.4. The predicted molar refractivity (Wildman–Crippen MR) is 260 cm³/mol. The maximum Gasteiger partial charge on any atom is 0.160 e. The summed E-state index contributed by atoms with van der Waals surface area (Å²) in [5.74, 6) is 1.45. The molecule has 0 fully saturated rings. The molecule has 1 N–H and O–H groups in total. The number of aliphatic imine (C=N–C) groups is 2. The molecule has 3 aromatic heterocycles. The molecule has 12 aromatic rings. The minimum absolute atomic E-state index is 0.297. The molecule has 0 bridgehead atoms. The van der Waals surface area contributed by atoms with Crippen LogP contribution in [-0.4, -0.2) is 20.8 Å². The van der Waals surface area contributed by atoms with Crippen LogP contribution in [-0.2, 0) is 0 Å². The molecule has 6 nitrogen and oxygen atoms in total. The molecule has 296 valence electrons. The van der Waals surface area contributed by atoms with E-state index in [0.717, 1.165) is 66.9 Å². The van der Waals surface area contributed by atoms with Crippen molar-refractivity contribution in [3.63, 3.8) is 0 Å². The van der Waals surface area contributed by atoms with Gasteiger partial charge in [-0.3, -0.25) is 0 Å². The van der Waals surface area contributed by atoms with E-state index >= 15 is 0 Å². The summed E-state index contributed by atoms with van der Waals surface area (Å²) in [6, 6.07) is 75.1. The van der Waals surface area contributed by atoms with Gasteiger partial charge in [-0.2, -0.15) is 0 Å². The zero-order valence-corrected chi connectivity index (χ0v) is 34.0. The Morgan fingerprint density at radius 3 is 1.68 bits per heavy atom. The van der Waals surface area contributed by atoms with Crippen LogP contribution in [0.2, 0.25) is 0 Å². The Kier molecular flexibility index (Phi) is 7.87.